The van der Waals surface area contributed by atoms with Gasteiger partial charge in [0.1, 0.15) is 0 Å². The zero-order chi connectivity index (χ0) is 10.0. The molecule has 0 aliphatic rings. The third-order valence-electron chi connectivity index (χ3n) is 1.73. The van der Waals surface area contributed by atoms with E-state index in [0.29, 0.717) is 5.56 Å². The largest absolute Gasteiger partial charge is 0.465 e. The number of ether oxygens (including phenoxy) is 1. The third kappa shape index (κ3) is 2.11. The maximum absolute atomic E-state index is 11.2. The van der Waals surface area contributed by atoms with Crippen molar-refractivity contribution < 1.29 is 9.53 Å². The lowest BCUT2D eigenvalue weighted by Gasteiger charge is -2.06. The van der Waals surface area contributed by atoms with Crippen molar-refractivity contribution in [1.29, 1.82) is 0 Å². The van der Waals surface area contributed by atoms with E-state index >= 15 is 0 Å². The molecule has 0 spiro atoms. The molecule has 0 saturated carbocycles. The van der Waals surface area contributed by atoms with Crippen molar-refractivity contribution in [3.05, 3.63) is 32.2 Å². The summed E-state index contributed by atoms with van der Waals surface area (Å²) in [6.45, 7) is 1.92. The van der Waals surface area contributed by atoms with E-state index in [-0.39, 0.29) is 5.97 Å². The number of halogens is 2. The first-order chi connectivity index (χ1) is 6.07. The van der Waals surface area contributed by atoms with Crippen LogP contribution in [0.25, 0.3) is 0 Å². The van der Waals surface area contributed by atoms with Crippen molar-refractivity contribution >= 4 is 37.8 Å². The molecule has 4 heteroatoms. The fourth-order valence-electron chi connectivity index (χ4n) is 0.929. The lowest BCUT2D eigenvalue weighted by molar-refractivity contribution is 0.0599. The van der Waals surface area contributed by atoms with Crippen molar-refractivity contribution in [2.75, 3.05) is 7.11 Å². The maximum Gasteiger partial charge on any atom is 0.339 e. The summed E-state index contributed by atoms with van der Waals surface area (Å²) >= 11 is 6.71. The molecule has 1 aromatic rings. The highest BCUT2D eigenvalue weighted by Crippen LogP contribution is 2.28. The van der Waals surface area contributed by atoms with Crippen molar-refractivity contribution in [2.24, 2.45) is 0 Å². The minimum Gasteiger partial charge on any atom is -0.465 e. The van der Waals surface area contributed by atoms with Crippen LogP contribution < -0.4 is 0 Å². The van der Waals surface area contributed by atoms with Gasteiger partial charge in [-0.2, -0.15) is 0 Å². The molecule has 0 N–H and O–H groups in total. The second-order valence-corrected chi connectivity index (χ2v) is 4.17. The molecule has 0 saturated heterocycles. The minimum atomic E-state index is -0.331. The summed E-state index contributed by atoms with van der Waals surface area (Å²) in [5, 5.41) is 0. The Morgan fingerprint density at radius 2 is 2.00 bits per heavy atom. The van der Waals surface area contributed by atoms with Crippen LogP contribution in [0.15, 0.2) is 21.1 Å². The Hall–Kier alpha value is -0.350. The van der Waals surface area contributed by atoms with Gasteiger partial charge in [-0.25, -0.2) is 4.79 Å². The highest BCUT2D eigenvalue weighted by molar-refractivity contribution is 9.11. The van der Waals surface area contributed by atoms with Crippen LogP contribution in [0.3, 0.4) is 0 Å². The predicted octanol–water partition coefficient (Wildman–Crippen LogP) is 3.31. The Bertz CT molecular complexity index is 348. The van der Waals surface area contributed by atoms with Gasteiger partial charge >= 0.3 is 5.97 Å². The van der Waals surface area contributed by atoms with Gasteiger partial charge < -0.3 is 4.74 Å². The van der Waals surface area contributed by atoms with E-state index < -0.39 is 0 Å². The molecule has 2 nitrogen and oxygen atoms in total. The lowest BCUT2D eigenvalue weighted by Crippen LogP contribution is -2.03. The van der Waals surface area contributed by atoms with Crippen LogP contribution in [-0.4, -0.2) is 13.1 Å². The molecule has 70 valence electrons. The Labute approximate surface area is 93.5 Å². The highest BCUT2D eigenvalue weighted by atomic mass is 79.9. The Kier molecular flexibility index (Phi) is 3.50. The monoisotopic (exact) mass is 306 g/mol. The van der Waals surface area contributed by atoms with Gasteiger partial charge in [-0.15, -0.1) is 0 Å². The van der Waals surface area contributed by atoms with Gasteiger partial charge in [-0.05, 0) is 40.5 Å². The van der Waals surface area contributed by atoms with Gasteiger partial charge in [-0.3, -0.25) is 0 Å². The van der Waals surface area contributed by atoms with Crippen molar-refractivity contribution in [3.8, 4) is 0 Å². The molecule has 0 amide bonds. The van der Waals surface area contributed by atoms with E-state index in [1.54, 1.807) is 6.07 Å². The molecule has 0 aromatic heterocycles. The molecule has 13 heavy (non-hydrogen) atoms. The van der Waals surface area contributed by atoms with E-state index in [4.69, 9.17) is 0 Å². The number of hydrogen-bond acceptors (Lipinski definition) is 2. The van der Waals surface area contributed by atoms with Crippen LogP contribution in [0.5, 0.6) is 0 Å². The molecular formula is C9H8Br2O2. The van der Waals surface area contributed by atoms with E-state index in [1.165, 1.54) is 7.11 Å². The summed E-state index contributed by atoms with van der Waals surface area (Å²) in [4.78, 5) is 11.2. The molecule has 1 rings (SSSR count). The SMILES string of the molecule is COC(=O)c1ccc(Br)c(C)c1Br. The van der Waals surface area contributed by atoms with Gasteiger partial charge in [0, 0.05) is 8.95 Å². The van der Waals surface area contributed by atoms with Gasteiger partial charge in [0.2, 0.25) is 0 Å². The first-order valence-corrected chi connectivity index (χ1v) is 5.19. The van der Waals surface area contributed by atoms with Crippen LogP contribution in [-0.2, 0) is 4.74 Å². The van der Waals surface area contributed by atoms with E-state index in [0.717, 1.165) is 14.5 Å². The summed E-state index contributed by atoms with van der Waals surface area (Å²) in [6, 6.07) is 3.54. The van der Waals surface area contributed by atoms with E-state index in [1.807, 2.05) is 13.0 Å². The molecular weight excluding hydrogens is 300 g/mol. The zero-order valence-corrected chi connectivity index (χ0v) is 10.4. The van der Waals surface area contributed by atoms with Crippen molar-refractivity contribution in [1.82, 2.24) is 0 Å². The first kappa shape index (κ1) is 10.7. The van der Waals surface area contributed by atoms with Crippen LogP contribution >= 0.6 is 31.9 Å². The smallest absolute Gasteiger partial charge is 0.339 e. The Balaban J connectivity index is 3.26. The highest BCUT2D eigenvalue weighted by Gasteiger charge is 2.12. The number of benzene rings is 1. The second-order valence-electron chi connectivity index (χ2n) is 2.53. The standard InChI is InChI=1S/C9H8Br2O2/c1-5-7(10)4-3-6(8(5)11)9(12)13-2/h3-4H,1-2H3. The molecule has 1 aromatic carbocycles. The zero-order valence-electron chi connectivity index (χ0n) is 7.23. The normalized spacial score (nSPS) is 9.85. The summed E-state index contributed by atoms with van der Waals surface area (Å²) < 4.78 is 6.36. The van der Waals surface area contributed by atoms with Crippen LogP contribution in [0.1, 0.15) is 15.9 Å². The molecule has 0 aliphatic carbocycles. The average Bonchev–Trinajstić information content (AvgIpc) is 2.13. The van der Waals surface area contributed by atoms with Crippen LogP contribution in [0, 0.1) is 6.92 Å². The number of carbonyl (C=O) groups is 1. The van der Waals surface area contributed by atoms with Gasteiger partial charge in [0.25, 0.3) is 0 Å². The molecule has 0 fully saturated rings. The van der Waals surface area contributed by atoms with Crippen LogP contribution in [0.4, 0.5) is 0 Å². The number of methoxy groups -OCH3 is 1. The number of rotatable bonds is 1. The Morgan fingerprint density at radius 3 is 2.54 bits per heavy atom. The average molecular weight is 308 g/mol. The van der Waals surface area contributed by atoms with Crippen LogP contribution in [0.2, 0.25) is 0 Å². The summed E-state index contributed by atoms with van der Waals surface area (Å²) in [6.07, 6.45) is 0. The molecule has 0 bridgehead atoms. The number of hydrogen-bond donors (Lipinski definition) is 0. The molecule has 0 unspecified atom stereocenters. The van der Waals surface area contributed by atoms with Crippen molar-refractivity contribution in [2.45, 2.75) is 6.92 Å². The van der Waals surface area contributed by atoms with Gasteiger partial charge in [0.05, 0.1) is 12.7 Å². The second kappa shape index (κ2) is 4.24. The summed E-state index contributed by atoms with van der Waals surface area (Å²) in [5.74, 6) is -0.331. The summed E-state index contributed by atoms with van der Waals surface area (Å²) in [7, 11) is 1.37. The van der Waals surface area contributed by atoms with Gasteiger partial charge in [0.15, 0.2) is 0 Å². The molecule has 0 aliphatic heterocycles. The minimum absolute atomic E-state index is 0.331. The lowest BCUT2D eigenvalue weighted by atomic mass is 10.1. The fraction of sp³-hybridized carbons (Fsp3) is 0.222. The maximum atomic E-state index is 11.2. The predicted molar refractivity (Wildman–Crippen MR) is 57.9 cm³/mol. The Morgan fingerprint density at radius 1 is 1.38 bits per heavy atom. The van der Waals surface area contributed by atoms with Gasteiger partial charge in [-0.1, -0.05) is 15.9 Å². The third-order valence-corrected chi connectivity index (χ3v) is 3.61. The van der Waals surface area contributed by atoms with E-state index in [2.05, 4.69) is 36.6 Å². The fourth-order valence-corrected chi connectivity index (χ4v) is 2.03. The molecule has 0 atom stereocenters. The summed E-state index contributed by atoms with van der Waals surface area (Å²) in [5.41, 5.74) is 1.53. The number of esters is 1. The molecule has 0 radical (unpaired) electrons. The first-order valence-electron chi connectivity index (χ1n) is 3.61. The van der Waals surface area contributed by atoms with E-state index in [9.17, 15) is 4.79 Å². The topological polar surface area (TPSA) is 26.3 Å². The molecule has 0 heterocycles. The quantitative estimate of drug-likeness (QED) is 0.744. The number of carbonyl (C=O) groups excluding carboxylic acids is 1. The van der Waals surface area contributed by atoms with Crippen molar-refractivity contribution in [3.63, 3.8) is 0 Å².